The zero-order valence-corrected chi connectivity index (χ0v) is 13.9. The minimum Gasteiger partial charge on any atom is -0.346 e. The summed E-state index contributed by atoms with van der Waals surface area (Å²) in [7, 11) is 0. The minimum absolute atomic E-state index is 0.0626. The summed E-state index contributed by atoms with van der Waals surface area (Å²) in [4.78, 5) is 13.0. The lowest BCUT2D eigenvalue weighted by atomic mass is 9.95. The Kier molecular flexibility index (Phi) is 5.06. The number of hydrogen-bond acceptors (Lipinski definition) is 3. The Morgan fingerprint density at radius 3 is 2.48 bits per heavy atom. The fraction of sp³-hybridized carbons (Fsp3) is 0.312. The zero-order chi connectivity index (χ0) is 15.5. The van der Waals surface area contributed by atoms with E-state index in [-0.39, 0.29) is 11.7 Å². The van der Waals surface area contributed by atoms with E-state index in [1.165, 1.54) is 23.5 Å². The molecule has 0 unspecified atom stereocenters. The molecule has 1 heterocycles. The van der Waals surface area contributed by atoms with Gasteiger partial charge in [0.15, 0.2) is 0 Å². The van der Waals surface area contributed by atoms with Crippen molar-refractivity contribution in [2.24, 2.45) is 0 Å². The van der Waals surface area contributed by atoms with Gasteiger partial charge in [-0.05, 0) is 56.4 Å². The zero-order valence-electron chi connectivity index (χ0n) is 12.3. The number of nitrogens with one attached hydrogen (secondary N) is 1. The SMILES string of the molecule is CSc1ccc(C(=O)NC(C)(C)Cc2ccc(F)cc2)s1. The molecule has 0 aliphatic heterocycles. The molecule has 2 rings (SSSR count). The molecule has 1 N–H and O–H groups in total. The van der Waals surface area contributed by atoms with Crippen LogP contribution < -0.4 is 5.32 Å². The highest BCUT2D eigenvalue weighted by molar-refractivity contribution is 8.00. The summed E-state index contributed by atoms with van der Waals surface area (Å²) in [5.74, 6) is -0.309. The lowest BCUT2D eigenvalue weighted by molar-refractivity contribution is 0.0917. The third kappa shape index (κ3) is 4.58. The fourth-order valence-corrected chi connectivity index (χ4v) is 3.52. The maximum atomic E-state index is 12.9. The molecule has 2 aromatic rings. The summed E-state index contributed by atoms with van der Waals surface area (Å²) in [6, 6.07) is 10.2. The standard InChI is InChI=1S/C16H18FNOS2/c1-16(2,10-11-4-6-12(17)7-5-11)18-15(19)13-8-9-14(20-3)21-13/h4-9H,10H2,1-3H3,(H,18,19). The third-order valence-electron chi connectivity index (χ3n) is 3.02. The van der Waals surface area contributed by atoms with E-state index < -0.39 is 5.54 Å². The first-order valence-corrected chi connectivity index (χ1v) is 8.64. The number of carbonyl (C=O) groups is 1. The first kappa shape index (κ1) is 16.0. The highest BCUT2D eigenvalue weighted by atomic mass is 32.2. The lowest BCUT2D eigenvalue weighted by Crippen LogP contribution is -2.44. The number of carbonyl (C=O) groups excluding carboxylic acids is 1. The number of benzene rings is 1. The minimum atomic E-state index is -0.390. The largest absolute Gasteiger partial charge is 0.346 e. The van der Waals surface area contributed by atoms with Gasteiger partial charge < -0.3 is 5.32 Å². The van der Waals surface area contributed by atoms with E-state index in [1.54, 1.807) is 23.9 Å². The Bertz CT molecular complexity index is 619. The molecule has 1 amide bonds. The van der Waals surface area contributed by atoms with Crippen LogP contribution in [0.5, 0.6) is 0 Å². The van der Waals surface area contributed by atoms with Crippen molar-refractivity contribution >= 4 is 29.0 Å². The lowest BCUT2D eigenvalue weighted by Gasteiger charge is -2.26. The van der Waals surface area contributed by atoms with Crippen LogP contribution in [0.4, 0.5) is 4.39 Å². The summed E-state index contributed by atoms with van der Waals surface area (Å²) in [6.07, 6.45) is 2.64. The quantitative estimate of drug-likeness (QED) is 0.828. The van der Waals surface area contributed by atoms with Crippen LogP contribution in [0.25, 0.3) is 0 Å². The predicted molar refractivity (Wildman–Crippen MR) is 87.7 cm³/mol. The molecular formula is C16H18FNOS2. The van der Waals surface area contributed by atoms with E-state index in [4.69, 9.17) is 0 Å². The first-order valence-electron chi connectivity index (χ1n) is 6.60. The molecule has 0 atom stereocenters. The van der Waals surface area contributed by atoms with Gasteiger partial charge in [0.25, 0.3) is 5.91 Å². The predicted octanol–water partition coefficient (Wildman–Crippen LogP) is 4.36. The molecule has 21 heavy (non-hydrogen) atoms. The molecule has 0 saturated carbocycles. The number of halogens is 1. The monoisotopic (exact) mass is 323 g/mol. The van der Waals surface area contributed by atoms with Gasteiger partial charge >= 0.3 is 0 Å². The molecule has 0 spiro atoms. The molecule has 0 fully saturated rings. The Labute approximate surface area is 132 Å². The molecule has 5 heteroatoms. The van der Waals surface area contributed by atoms with Crippen LogP contribution in [0.1, 0.15) is 29.1 Å². The van der Waals surface area contributed by atoms with Crippen molar-refractivity contribution in [2.45, 2.75) is 30.0 Å². The van der Waals surface area contributed by atoms with Crippen molar-refractivity contribution in [1.29, 1.82) is 0 Å². The summed E-state index contributed by atoms with van der Waals surface area (Å²) in [6.45, 7) is 3.94. The third-order valence-corrected chi connectivity index (χ3v) is 5.18. The highest BCUT2D eigenvalue weighted by Crippen LogP contribution is 2.25. The summed E-state index contributed by atoms with van der Waals surface area (Å²) in [5.41, 5.74) is 0.607. The van der Waals surface area contributed by atoms with E-state index >= 15 is 0 Å². The Balaban J connectivity index is 2.02. The molecule has 0 aliphatic rings. The summed E-state index contributed by atoms with van der Waals surface area (Å²) >= 11 is 3.12. The number of thiophene rings is 1. The molecular weight excluding hydrogens is 305 g/mol. The maximum absolute atomic E-state index is 12.9. The van der Waals surface area contributed by atoms with Crippen LogP contribution in [-0.4, -0.2) is 17.7 Å². The average molecular weight is 323 g/mol. The van der Waals surface area contributed by atoms with Gasteiger partial charge in [-0.1, -0.05) is 12.1 Å². The number of hydrogen-bond donors (Lipinski definition) is 1. The summed E-state index contributed by atoms with van der Waals surface area (Å²) in [5, 5.41) is 3.04. The second kappa shape index (κ2) is 6.62. The van der Waals surface area contributed by atoms with E-state index in [1.807, 2.05) is 32.2 Å². The Hall–Kier alpha value is -1.33. The molecule has 112 valence electrons. The van der Waals surface area contributed by atoms with Crippen LogP contribution in [0, 0.1) is 5.82 Å². The molecule has 0 radical (unpaired) electrons. The first-order chi connectivity index (χ1) is 9.89. The number of rotatable bonds is 5. The van der Waals surface area contributed by atoms with Gasteiger partial charge in [0, 0.05) is 5.54 Å². The van der Waals surface area contributed by atoms with Crippen molar-refractivity contribution in [1.82, 2.24) is 5.32 Å². The van der Waals surface area contributed by atoms with E-state index in [9.17, 15) is 9.18 Å². The van der Waals surface area contributed by atoms with Gasteiger partial charge in [0.2, 0.25) is 0 Å². The van der Waals surface area contributed by atoms with E-state index in [0.717, 1.165) is 9.77 Å². The second-order valence-electron chi connectivity index (χ2n) is 5.46. The normalized spacial score (nSPS) is 11.4. The smallest absolute Gasteiger partial charge is 0.261 e. The average Bonchev–Trinajstić information content (AvgIpc) is 2.89. The topological polar surface area (TPSA) is 29.1 Å². The molecule has 2 nitrogen and oxygen atoms in total. The Morgan fingerprint density at radius 2 is 1.90 bits per heavy atom. The molecule has 0 aliphatic carbocycles. The molecule has 0 bridgehead atoms. The van der Waals surface area contributed by atoms with Crippen molar-refractivity contribution in [3.05, 3.63) is 52.7 Å². The van der Waals surface area contributed by atoms with E-state index in [0.29, 0.717) is 11.3 Å². The van der Waals surface area contributed by atoms with Crippen LogP contribution in [0.15, 0.2) is 40.6 Å². The van der Waals surface area contributed by atoms with Gasteiger partial charge in [-0.3, -0.25) is 4.79 Å². The van der Waals surface area contributed by atoms with Gasteiger partial charge in [-0.15, -0.1) is 23.1 Å². The highest BCUT2D eigenvalue weighted by Gasteiger charge is 2.22. The number of thioether (sulfide) groups is 1. The van der Waals surface area contributed by atoms with E-state index in [2.05, 4.69) is 5.32 Å². The van der Waals surface area contributed by atoms with Crippen molar-refractivity contribution in [3.8, 4) is 0 Å². The Morgan fingerprint density at radius 1 is 1.24 bits per heavy atom. The van der Waals surface area contributed by atoms with Gasteiger partial charge in [-0.25, -0.2) is 4.39 Å². The second-order valence-corrected chi connectivity index (χ2v) is 7.65. The maximum Gasteiger partial charge on any atom is 0.261 e. The molecule has 1 aromatic carbocycles. The van der Waals surface area contributed by atoms with Crippen LogP contribution >= 0.6 is 23.1 Å². The van der Waals surface area contributed by atoms with Gasteiger partial charge in [0.1, 0.15) is 5.82 Å². The van der Waals surface area contributed by atoms with Gasteiger partial charge in [0.05, 0.1) is 9.09 Å². The van der Waals surface area contributed by atoms with Gasteiger partial charge in [-0.2, -0.15) is 0 Å². The van der Waals surface area contributed by atoms with Crippen molar-refractivity contribution in [2.75, 3.05) is 6.26 Å². The molecule has 0 saturated heterocycles. The van der Waals surface area contributed by atoms with Crippen LogP contribution in [-0.2, 0) is 6.42 Å². The van der Waals surface area contributed by atoms with Crippen LogP contribution in [0.2, 0.25) is 0 Å². The van der Waals surface area contributed by atoms with Crippen LogP contribution in [0.3, 0.4) is 0 Å². The van der Waals surface area contributed by atoms with Crippen molar-refractivity contribution < 1.29 is 9.18 Å². The van der Waals surface area contributed by atoms with Crippen molar-refractivity contribution in [3.63, 3.8) is 0 Å². The fourth-order valence-electron chi connectivity index (χ4n) is 2.08. The number of amides is 1. The molecule has 1 aromatic heterocycles. The summed E-state index contributed by atoms with van der Waals surface area (Å²) < 4.78 is 14.0.